The molecule has 0 radical (unpaired) electrons. The standard InChI is InChI=1S/C29H34N2/c1-2-3-4-11-18-31-27-20-23(19-26-16-17-29(26,27)31)21-28(22-30,24-12-7-5-8-13-24)25-14-9-6-10-15-25/h2,5-10,12-15,23,26-27H,1,3-4,11,16-21H2/t23-,26?,27?,29?,31?/m1/s1. The van der Waals surface area contributed by atoms with Crippen LogP contribution in [-0.2, 0) is 5.41 Å². The molecule has 0 aromatic heterocycles. The normalized spacial score (nSPS) is 30.9. The average Bonchev–Trinajstić information content (AvgIpc) is 3.48. The summed E-state index contributed by atoms with van der Waals surface area (Å²) < 4.78 is 0. The lowest BCUT2D eigenvalue weighted by Crippen LogP contribution is -2.45. The lowest BCUT2D eigenvalue weighted by Gasteiger charge is -2.45. The van der Waals surface area contributed by atoms with Crippen LogP contribution in [0.15, 0.2) is 73.3 Å². The molecule has 2 aliphatic carbocycles. The van der Waals surface area contributed by atoms with E-state index >= 15 is 0 Å². The minimum Gasteiger partial charge on any atom is -0.291 e. The van der Waals surface area contributed by atoms with Crippen molar-refractivity contribution in [3.8, 4) is 6.07 Å². The summed E-state index contributed by atoms with van der Waals surface area (Å²) in [6.45, 7) is 5.12. The van der Waals surface area contributed by atoms with E-state index in [0.29, 0.717) is 11.5 Å². The first-order chi connectivity index (χ1) is 15.2. The fraction of sp³-hybridized carbons (Fsp3) is 0.483. The SMILES string of the molecule is C=CCCCCN1C2C[C@H](CC(C#N)(c3ccccc3)c3ccccc3)CC3CCC321. The van der Waals surface area contributed by atoms with Crippen LogP contribution in [0.25, 0.3) is 0 Å². The van der Waals surface area contributed by atoms with Crippen LogP contribution in [-0.4, -0.2) is 23.0 Å². The van der Waals surface area contributed by atoms with E-state index in [9.17, 15) is 5.26 Å². The number of hydrogen-bond acceptors (Lipinski definition) is 2. The first-order valence-corrected chi connectivity index (χ1v) is 12.1. The Morgan fingerprint density at radius 2 is 1.71 bits per heavy atom. The van der Waals surface area contributed by atoms with Gasteiger partial charge >= 0.3 is 0 Å². The van der Waals surface area contributed by atoms with Gasteiger partial charge in [-0.3, -0.25) is 4.90 Å². The molecule has 2 heteroatoms. The number of likely N-dealkylation sites (tertiary alicyclic amines) is 1. The predicted octanol–water partition coefficient (Wildman–Crippen LogP) is 6.49. The largest absolute Gasteiger partial charge is 0.291 e. The molecule has 2 saturated carbocycles. The molecule has 0 bridgehead atoms. The maximum absolute atomic E-state index is 10.6. The molecule has 2 aromatic carbocycles. The zero-order valence-electron chi connectivity index (χ0n) is 18.5. The van der Waals surface area contributed by atoms with Gasteiger partial charge in [0.15, 0.2) is 0 Å². The minimum absolute atomic E-state index is 0.541. The maximum atomic E-state index is 10.6. The van der Waals surface area contributed by atoms with Crippen LogP contribution in [0.1, 0.15) is 62.5 Å². The van der Waals surface area contributed by atoms with Gasteiger partial charge in [-0.1, -0.05) is 66.7 Å². The van der Waals surface area contributed by atoms with Crippen LogP contribution in [0.2, 0.25) is 0 Å². The fourth-order valence-electron chi connectivity index (χ4n) is 6.96. The summed E-state index contributed by atoms with van der Waals surface area (Å²) in [6, 6.07) is 24.6. The third kappa shape index (κ3) is 3.35. The number of allylic oxidation sites excluding steroid dienone is 1. The van der Waals surface area contributed by atoms with Gasteiger partial charge in [-0.25, -0.2) is 0 Å². The molecule has 0 amide bonds. The summed E-state index contributed by atoms with van der Waals surface area (Å²) in [5, 5.41) is 10.6. The molecule has 31 heavy (non-hydrogen) atoms. The second kappa shape index (κ2) is 8.29. The van der Waals surface area contributed by atoms with E-state index in [0.717, 1.165) is 35.9 Å². The van der Waals surface area contributed by atoms with Gasteiger partial charge < -0.3 is 0 Å². The van der Waals surface area contributed by atoms with E-state index in [1.165, 1.54) is 45.1 Å². The highest BCUT2D eigenvalue weighted by molar-refractivity contribution is 5.46. The number of hydrogen-bond donors (Lipinski definition) is 0. The second-order valence-corrected chi connectivity index (χ2v) is 10.0. The zero-order chi connectivity index (χ0) is 21.3. The first kappa shape index (κ1) is 20.5. The Morgan fingerprint density at radius 3 is 2.26 bits per heavy atom. The van der Waals surface area contributed by atoms with Gasteiger partial charge in [0.05, 0.1) is 6.07 Å². The van der Waals surface area contributed by atoms with Gasteiger partial charge in [0.2, 0.25) is 0 Å². The van der Waals surface area contributed by atoms with Crippen LogP contribution in [0.5, 0.6) is 0 Å². The molecule has 5 atom stereocenters. The molecular weight excluding hydrogens is 376 g/mol. The number of benzene rings is 2. The molecule has 5 rings (SSSR count). The number of rotatable bonds is 9. The fourth-order valence-corrected chi connectivity index (χ4v) is 6.96. The van der Waals surface area contributed by atoms with E-state index in [-0.39, 0.29) is 0 Å². The van der Waals surface area contributed by atoms with Crippen molar-refractivity contribution in [3.63, 3.8) is 0 Å². The summed E-state index contributed by atoms with van der Waals surface area (Å²) in [5.74, 6) is 1.46. The zero-order valence-corrected chi connectivity index (χ0v) is 18.5. The Hall–Kier alpha value is -2.37. The van der Waals surface area contributed by atoms with E-state index in [1.54, 1.807) is 0 Å². The molecule has 3 fully saturated rings. The smallest absolute Gasteiger partial charge is 0.107 e. The Bertz CT molecular complexity index is 904. The van der Waals surface area contributed by atoms with E-state index < -0.39 is 5.41 Å². The van der Waals surface area contributed by atoms with Crippen molar-refractivity contribution < 1.29 is 0 Å². The van der Waals surface area contributed by atoms with E-state index in [4.69, 9.17) is 0 Å². The highest BCUT2D eigenvalue weighted by atomic mass is 15.4. The lowest BCUT2D eigenvalue weighted by atomic mass is 9.59. The Balaban J connectivity index is 1.37. The molecular formula is C29H34N2. The highest BCUT2D eigenvalue weighted by Gasteiger charge is 2.72. The quantitative estimate of drug-likeness (QED) is 0.268. The molecule has 1 spiro atoms. The number of nitriles is 1. The highest BCUT2D eigenvalue weighted by Crippen LogP contribution is 2.66. The molecule has 4 unspecified atom stereocenters. The van der Waals surface area contributed by atoms with Crippen molar-refractivity contribution in [2.75, 3.05) is 6.54 Å². The van der Waals surface area contributed by atoms with Crippen LogP contribution >= 0.6 is 0 Å². The molecule has 1 heterocycles. The third-order valence-electron chi connectivity index (χ3n) is 8.57. The van der Waals surface area contributed by atoms with Crippen molar-refractivity contribution >= 4 is 0 Å². The van der Waals surface area contributed by atoms with Gasteiger partial charge in [0.1, 0.15) is 5.41 Å². The number of unbranched alkanes of at least 4 members (excludes halogenated alkanes) is 2. The first-order valence-electron chi connectivity index (χ1n) is 12.1. The van der Waals surface area contributed by atoms with Crippen LogP contribution in [0.4, 0.5) is 0 Å². The summed E-state index contributed by atoms with van der Waals surface area (Å²) in [5.41, 5.74) is 2.28. The molecule has 0 N–H and O–H groups in total. The van der Waals surface area contributed by atoms with Crippen molar-refractivity contribution in [3.05, 3.63) is 84.4 Å². The minimum atomic E-state index is -0.555. The van der Waals surface area contributed by atoms with Gasteiger partial charge in [0.25, 0.3) is 0 Å². The second-order valence-electron chi connectivity index (χ2n) is 10.0. The average molecular weight is 411 g/mol. The summed E-state index contributed by atoms with van der Waals surface area (Å²) in [6.07, 6.45) is 12.0. The lowest BCUT2D eigenvalue weighted by molar-refractivity contribution is 0.105. The summed E-state index contributed by atoms with van der Waals surface area (Å²) in [7, 11) is 0. The maximum Gasteiger partial charge on any atom is 0.107 e. The van der Waals surface area contributed by atoms with Crippen molar-refractivity contribution in [1.82, 2.24) is 4.90 Å². The Kier molecular flexibility index (Phi) is 5.49. The van der Waals surface area contributed by atoms with E-state index in [1.807, 2.05) is 18.2 Å². The molecule has 2 aromatic rings. The molecule has 160 valence electrons. The molecule has 1 saturated heterocycles. The summed E-state index contributed by atoms with van der Waals surface area (Å²) in [4.78, 5) is 2.84. The van der Waals surface area contributed by atoms with Crippen LogP contribution in [0.3, 0.4) is 0 Å². The Labute approximate surface area is 187 Å². The van der Waals surface area contributed by atoms with Crippen LogP contribution < -0.4 is 0 Å². The van der Waals surface area contributed by atoms with Crippen molar-refractivity contribution in [2.24, 2.45) is 11.8 Å². The Morgan fingerprint density at radius 1 is 1.03 bits per heavy atom. The van der Waals surface area contributed by atoms with Crippen molar-refractivity contribution in [2.45, 2.75) is 68.4 Å². The van der Waals surface area contributed by atoms with Crippen LogP contribution in [0, 0.1) is 23.2 Å². The van der Waals surface area contributed by atoms with Crippen molar-refractivity contribution in [1.29, 1.82) is 5.26 Å². The van der Waals surface area contributed by atoms with Gasteiger partial charge in [0, 0.05) is 11.6 Å². The van der Waals surface area contributed by atoms with Gasteiger partial charge in [-0.15, -0.1) is 6.58 Å². The van der Waals surface area contributed by atoms with E-state index in [2.05, 4.69) is 66.1 Å². The third-order valence-corrected chi connectivity index (χ3v) is 8.57. The molecule has 3 aliphatic rings. The van der Waals surface area contributed by atoms with Gasteiger partial charge in [-0.05, 0) is 80.9 Å². The molecule has 2 nitrogen and oxygen atoms in total. The topological polar surface area (TPSA) is 26.8 Å². The van der Waals surface area contributed by atoms with Gasteiger partial charge in [-0.2, -0.15) is 5.26 Å². The predicted molar refractivity (Wildman–Crippen MR) is 127 cm³/mol. The number of nitrogens with zero attached hydrogens (tertiary/aromatic N) is 2. The monoisotopic (exact) mass is 410 g/mol. The molecule has 1 aliphatic heterocycles. The summed E-state index contributed by atoms with van der Waals surface area (Å²) >= 11 is 0.